The third-order valence-electron chi connectivity index (χ3n) is 4.29. The summed E-state index contributed by atoms with van der Waals surface area (Å²) >= 11 is 0. The van der Waals surface area contributed by atoms with Crippen molar-refractivity contribution in [2.24, 2.45) is 7.05 Å². The molecule has 1 aromatic heterocycles. The van der Waals surface area contributed by atoms with Gasteiger partial charge in [-0.2, -0.15) is 0 Å². The Bertz CT molecular complexity index is 553. The lowest BCUT2D eigenvalue weighted by atomic mass is 10.0. The molecule has 1 aliphatic rings. The van der Waals surface area contributed by atoms with Crippen molar-refractivity contribution < 1.29 is 0 Å². The maximum Gasteiger partial charge on any atom is 0.0482 e. The molecule has 96 valence electrons. The van der Waals surface area contributed by atoms with E-state index in [4.69, 9.17) is 0 Å². The van der Waals surface area contributed by atoms with Gasteiger partial charge in [0.15, 0.2) is 0 Å². The number of para-hydroxylation sites is 1. The van der Waals surface area contributed by atoms with E-state index in [-0.39, 0.29) is 0 Å². The Balaban J connectivity index is 2.12. The SMILES string of the molecule is CN1CCCCc2c(c3ccccc3n2C)CC1. The highest BCUT2D eigenvalue weighted by Crippen LogP contribution is 2.27. The first-order valence-electron chi connectivity index (χ1n) is 7.01. The van der Waals surface area contributed by atoms with Crippen LogP contribution in [0, 0.1) is 0 Å². The summed E-state index contributed by atoms with van der Waals surface area (Å²) < 4.78 is 2.41. The number of fused-ring (bicyclic) bond motifs is 3. The van der Waals surface area contributed by atoms with Gasteiger partial charge in [-0.3, -0.25) is 0 Å². The summed E-state index contributed by atoms with van der Waals surface area (Å²) in [7, 11) is 4.47. The second-order valence-corrected chi connectivity index (χ2v) is 5.51. The molecule has 0 aliphatic carbocycles. The van der Waals surface area contributed by atoms with Crippen LogP contribution < -0.4 is 0 Å². The Morgan fingerprint density at radius 3 is 2.67 bits per heavy atom. The predicted octanol–water partition coefficient (Wildman–Crippen LogP) is 2.99. The summed E-state index contributed by atoms with van der Waals surface area (Å²) in [4.78, 5) is 2.47. The Hall–Kier alpha value is -1.28. The second-order valence-electron chi connectivity index (χ2n) is 5.51. The summed E-state index contributed by atoms with van der Waals surface area (Å²) in [5, 5.41) is 1.46. The fourth-order valence-electron chi connectivity index (χ4n) is 3.21. The Kier molecular flexibility index (Phi) is 3.13. The van der Waals surface area contributed by atoms with E-state index in [1.165, 1.54) is 49.7 Å². The summed E-state index contributed by atoms with van der Waals surface area (Å²) in [5.74, 6) is 0. The van der Waals surface area contributed by atoms with E-state index in [1.54, 1.807) is 11.3 Å². The zero-order chi connectivity index (χ0) is 12.5. The fourth-order valence-corrected chi connectivity index (χ4v) is 3.21. The van der Waals surface area contributed by atoms with Crippen molar-refractivity contribution in [2.75, 3.05) is 20.1 Å². The van der Waals surface area contributed by atoms with Gasteiger partial charge in [0, 0.05) is 30.2 Å². The molecule has 2 nitrogen and oxygen atoms in total. The molecular formula is C16H22N2. The van der Waals surface area contributed by atoms with E-state index in [0.717, 1.165) is 0 Å². The number of nitrogens with zero attached hydrogens (tertiary/aromatic N) is 2. The first-order chi connectivity index (χ1) is 8.77. The van der Waals surface area contributed by atoms with Crippen LogP contribution in [-0.4, -0.2) is 29.6 Å². The summed E-state index contributed by atoms with van der Waals surface area (Å²) in [6, 6.07) is 8.84. The van der Waals surface area contributed by atoms with Gasteiger partial charge >= 0.3 is 0 Å². The van der Waals surface area contributed by atoms with E-state index in [2.05, 4.69) is 47.8 Å². The van der Waals surface area contributed by atoms with Gasteiger partial charge in [0.05, 0.1) is 0 Å². The Morgan fingerprint density at radius 2 is 1.78 bits per heavy atom. The van der Waals surface area contributed by atoms with Crippen LogP contribution in [0.1, 0.15) is 24.1 Å². The van der Waals surface area contributed by atoms with Crippen molar-refractivity contribution in [1.29, 1.82) is 0 Å². The van der Waals surface area contributed by atoms with Crippen LogP contribution in [0.15, 0.2) is 24.3 Å². The molecule has 0 radical (unpaired) electrons. The molecular weight excluding hydrogens is 220 g/mol. The highest BCUT2D eigenvalue weighted by molar-refractivity contribution is 5.85. The van der Waals surface area contributed by atoms with E-state index < -0.39 is 0 Å². The lowest BCUT2D eigenvalue weighted by molar-refractivity contribution is 0.333. The van der Waals surface area contributed by atoms with Gasteiger partial charge in [-0.05, 0) is 50.9 Å². The minimum absolute atomic E-state index is 1.18. The number of aromatic nitrogens is 1. The number of likely N-dealkylation sites (N-methyl/N-ethyl adjacent to an activating group) is 1. The molecule has 1 aliphatic heterocycles. The molecule has 0 atom stereocenters. The van der Waals surface area contributed by atoms with Crippen LogP contribution in [0.3, 0.4) is 0 Å². The third kappa shape index (κ3) is 1.95. The fraction of sp³-hybridized carbons (Fsp3) is 0.500. The second kappa shape index (κ2) is 4.77. The molecule has 0 amide bonds. The summed E-state index contributed by atoms with van der Waals surface area (Å²) in [6.07, 6.45) is 5.04. The van der Waals surface area contributed by atoms with Crippen LogP contribution in [0.25, 0.3) is 10.9 Å². The van der Waals surface area contributed by atoms with Gasteiger partial charge in [-0.25, -0.2) is 0 Å². The molecule has 0 N–H and O–H groups in total. The summed E-state index contributed by atoms with van der Waals surface area (Å²) in [5.41, 5.74) is 4.54. The van der Waals surface area contributed by atoms with Crippen molar-refractivity contribution >= 4 is 10.9 Å². The van der Waals surface area contributed by atoms with Gasteiger partial charge in [0.1, 0.15) is 0 Å². The first kappa shape index (κ1) is 11.8. The molecule has 0 fully saturated rings. The van der Waals surface area contributed by atoms with Crippen LogP contribution in [0.4, 0.5) is 0 Å². The molecule has 0 spiro atoms. The Morgan fingerprint density at radius 1 is 0.944 bits per heavy atom. The van der Waals surface area contributed by atoms with Gasteiger partial charge in [0.2, 0.25) is 0 Å². The van der Waals surface area contributed by atoms with Crippen molar-refractivity contribution in [2.45, 2.75) is 25.7 Å². The lowest BCUT2D eigenvalue weighted by Gasteiger charge is -2.14. The highest BCUT2D eigenvalue weighted by Gasteiger charge is 2.16. The third-order valence-corrected chi connectivity index (χ3v) is 4.29. The molecule has 1 aromatic carbocycles. The normalized spacial score (nSPS) is 18.1. The highest BCUT2D eigenvalue weighted by atomic mass is 15.1. The van der Waals surface area contributed by atoms with Crippen LogP contribution in [-0.2, 0) is 19.9 Å². The first-order valence-corrected chi connectivity index (χ1v) is 7.01. The monoisotopic (exact) mass is 242 g/mol. The molecule has 2 heteroatoms. The van der Waals surface area contributed by atoms with E-state index in [1.807, 2.05) is 0 Å². The van der Waals surface area contributed by atoms with Gasteiger partial charge in [-0.1, -0.05) is 18.2 Å². The standard InChI is InChI=1S/C16H22N2/c1-17-11-6-5-9-16-14(10-12-17)13-7-3-4-8-15(13)18(16)2/h3-4,7-8H,5-6,9-12H2,1-2H3. The molecule has 0 unspecified atom stereocenters. The maximum atomic E-state index is 2.47. The number of hydrogen-bond donors (Lipinski definition) is 0. The van der Waals surface area contributed by atoms with Crippen LogP contribution in [0.2, 0.25) is 0 Å². The van der Waals surface area contributed by atoms with Gasteiger partial charge in [-0.15, -0.1) is 0 Å². The van der Waals surface area contributed by atoms with Crippen molar-refractivity contribution in [3.63, 3.8) is 0 Å². The number of benzene rings is 1. The molecule has 2 heterocycles. The Labute approximate surface area is 109 Å². The van der Waals surface area contributed by atoms with Gasteiger partial charge in [0.25, 0.3) is 0 Å². The lowest BCUT2D eigenvalue weighted by Crippen LogP contribution is -2.21. The average Bonchev–Trinajstić information content (AvgIpc) is 2.70. The van der Waals surface area contributed by atoms with E-state index >= 15 is 0 Å². The number of hydrogen-bond acceptors (Lipinski definition) is 1. The topological polar surface area (TPSA) is 8.17 Å². The number of rotatable bonds is 0. The van der Waals surface area contributed by atoms with Crippen molar-refractivity contribution in [3.8, 4) is 0 Å². The predicted molar refractivity (Wildman–Crippen MR) is 77.1 cm³/mol. The van der Waals surface area contributed by atoms with Crippen LogP contribution >= 0.6 is 0 Å². The summed E-state index contributed by atoms with van der Waals surface area (Å²) in [6.45, 7) is 2.42. The molecule has 0 saturated carbocycles. The average molecular weight is 242 g/mol. The zero-order valence-electron chi connectivity index (χ0n) is 11.4. The molecule has 3 rings (SSSR count). The van der Waals surface area contributed by atoms with E-state index in [0.29, 0.717) is 0 Å². The minimum Gasteiger partial charge on any atom is -0.347 e. The molecule has 2 aromatic rings. The smallest absolute Gasteiger partial charge is 0.0482 e. The quantitative estimate of drug-likeness (QED) is 0.689. The molecule has 0 saturated heterocycles. The zero-order valence-corrected chi connectivity index (χ0v) is 11.4. The van der Waals surface area contributed by atoms with Crippen molar-refractivity contribution in [3.05, 3.63) is 35.5 Å². The van der Waals surface area contributed by atoms with Crippen molar-refractivity contribution in [1.82, 2.24) is 9.47 Å². The molecule has 0 bridgehead atoms. The number of aryl methyl sites for hydroxylation is 1. The largest absolute Gasteiger partial charge is 0.347 e. The maximum absolute atomic E-state index is 2.47. The molecule has 18 heavy (non-hydrogen) atoms. The minimum atomic E-state index is 1.18. The van der Waals surface area contributed by atoms with Gasteiger partial charge < -0.3 is 9.47 Å². The van der Waals surface area contributed by atoms with E-state index in [9.17, 15) is 0 Å². The van der Waals surface area contributed by atoms with Crippen LogP contribution in [0.5, 0.6) is 0 Å².